The number of carbonyl (C=O) groups is 2. The lowest BCUT2D eigenvalue weighted by Gasteiger charge is -2.57. The van der Waals surface area contributed by atoms with Crippen molar-refractivity contribution in [3.8, 4) is 0 Å². The average molecular weight is 437 g/mol. The van der Waals surface area contributed by atoms with Crippen LogP contribution in [-0.4, -0.2) is 43.7 Å². The van der Waals surface area contributed by atoms with Crippen LogP contribution in [0.4, 0.5) is 0 Å². The van der Waals surface area contributed by atoms with E-state index in [1.54, 1.807) is 0 Å². The van der Waals surface area contributed by atoms with Crippen LogP contribution in [0.3, 0.4) is 0 Å². The Balaban J connectivity index is 1.65. The predicted octanol–water partition coefficient (Wildman–Crippen LogP) is 4.49. The molecule has 6 nitrogen and oxygen atoms in total. The molecule has 0 N–H and O–H groups in total. The van der Waals surface area contributed by atoms with Crippen LogP contribution in [0.1, 0.15) is 79.6 Å². The Hall–Kier alpha value is -1.14. The third kappa shape index (κ3) is 3.82. The normalized spacial score (nSPS) is 44.1. The van der Waals surface area contributed by atoms with Crippen molar-refractivity contribution in [2.45, 2.75) is 91.5 Å². The third-order valence-electron chi connectivity index (χ3n) is 9.43. The maximum atomic E-state index is 12.2. The predicted molar refractivity (Wildman–Crippen MR) is 115 cm³/mol. The van der Waals surface area contributed by atoms with Gasteiger partial charge in [0.15, 0.2) is 5.79 Å². The number of carbonyl (C=O) groups excluding carboxylic acids is 2. The number of esters is 2. The Morgan fingerprint density at radius 2 is 1.61 bits per heavy atom. The van der Waals surface area contributed by atoms with Crippen molar-refractivity contribution in [2.24, 2.45) is 34.5 Å². The van der Waals surface area contributed by atoms with E-state index in [9.17, 15) is 9.59 Å². The summed E-state index contributed by atoms with van der Waals surface area (Å²) < 4.78 is 24.1. The number of ether oxygens (including phenoxy) is 4. The second kappa shape index (κ2) is 8.33. The Bertz CT molecular complexity index is 700. The summed E-state index contributed by atoms with van der Waals surface area (Å²) in [5.41, 5.74) is -0.180. The van der Waals surface area contributed by atoms with Crippen LogP contribution in [-0.2, 0) is 28.5 Å². The minimum absolute atomic E-state index is 0.0312. The summed E-state index contributed by atoms with van der Waals surface area (Å²) >= 11 is 0. The van der Waals surface area contributed by atoms with E-state index in [1.807, 2.05) is 0 Å². The van der Waals surface area contributed by atoms with Gasteiger partial charge in [-0.05, 0) is 49.4 Å². The quantitative estimate of drug-likeness (QED) is 0.605. The fraction of sp³-hybridized carbons (Fsp3) is 0.920. The van der Waals surface area contributed by atoms with Crippen LogP contribution < -0.4 is 0 Å². The van der Waals surface area contributed by atoms with Crippen molar-refractivity contribution in [3.63, 3.8) is 0 Å². The van der Waals surface area contributed by atoms with Gasteiger partial charge in [0, 0.05) is 37.5 Å². The van der Waals surface area contributed by atoms with E-state index in [0.29, 0.717) is 25.7 Å². The highest BCUT2D eigenvalue weighted by atomic mass is 16.7. The van der Waals surface area contributed by atoms with Gasteiger partial charge in [-0.1, -0.05) is 27.2 Å². The molecule has 1 spiro atoms. The zero-order valence-corrected chi connectivity index (χ0v) is 19.9. The van der Waals surface area contributed by atoms with Crippen LogP contribution in [0.5, 0.6) is 0 Å². The fourth-order valence-corrected chi connectivity index (χ4v) is 7.62. The summed E-state index contributed by atoms with van der Waals surface area (Å²) in [6.07, 6.45) is 6.92. The Morgan fingerprint density at radius 3 is 2.26 bits per heavy atom. The lowest BCUT2D eigenvalue weighted by Crippen LogP contribution is -2.58. The first-order chi connectivity index (χ1) is 14.6. The third-order valence-corrected chi connectivity index (χ3v) is 9.43. The molecule has 4 aliphatic rings. The summed E-state index contributed by atoms with van der Waals surface area (Å²) in [6, 6.07) is 0. The van der Waals surface area contributed by atoms with Crippen molar-refractivity contribution < 1.29 is 28.5 Å². The SMILES string of the molecule is CC(=O)OC[C@H]1C[C@H](C)CC[C@]1(C)C1CC[C@@]2(C)C(CCC23OCCO3)[C@@H]1OC(C)=O. The van der Waals surface area contributed by atoms with Gasteiger partial charge in [-0.15, -0.1) is 0 Å². The van der Waals surface area contributed by atoms with Crippen LogP contribution in [0.15, 0.2) is 0 Å². The molecule has 0 aromatic heterocycles. The molecule has 31 heavy (non-hydrogen) atoms. The fourth-order valence-electron chi connectivity index (χ4n) is 7.62. The highest BCUT2D eigenvalue weighted by Gasteiger charge is 2.67. The van der Waals surface area contributed by atoms with Gasteiger partial charge in [0.25, 0.3) is 0 Å². The van der Waals surface area contributed by atoms with Crippen molar-refractivity contribution in [1.82, 2.24) is 0 Å². The molecule has 1 aliphatic heterocycles. The van der Waals surface area contributed by atoms with Gasteiger partial charge in [0.05, 0.1) is 19.8 Å². The molecule has 0 bridgehead atoms. The largest absolute Gasteiger partial charge is 0.466 e. The molecule has 6 heteroatoms. The van der Waals surface area contributed by atoms with E-state index >= 15 is 0 Å². The number of hydrogen-bond acceptors (Lipinski definition) is 6. The molecular weight excluding hydrogens is 396 g/mol. The monoisotopic (exact) mass is 436 g/mol. The highest BCUT2D eigenvalue weighted by Crippen LogP contribution is 2.65. The van der Waals surface area contributed by atoms with Crippen molar-refractivity contribution in [1.29, 1.82) is 0 Å². The first-order valence-electron chi connectivity index (χ1n) is 12.2. The van der Waals surface area contributed by atoms with E-state index in [1.165, 1.54) is 13.8 Å². The molecule has 1 heterocycles. The van der Waals surface area contributed by atoms with Crippen LogP contribution >= 0.6 is 0 Å². The van der Waals surface area contributed by atoms with Gasteiger partial charge in [0.1, 0.15) is 6.10 Å². The lowest BCUT2D eigenvalue weighted by molar-refractivity contribution is -0.253. The van der Waals surface area contributed by atoms with Gasteiger partial charge in [-0.25, -0.2) is 0 Å². The zero-order chi connectivity index (χ0) is 22.4. The number of fused-ring (bicyclic) bond motifs is 2. The minimum Gasteiger partial charge on any atom is -0.466 e. The number of rotatable bonds is 4. The van der Waals surface area contributed by atoms with Crippen LogP contribution in [0.25, 0.3) is 0 Å². The molecule has 4 fully saturated rings. The summed E-state index contributed by atoms with van der Waals surface area (Å²) in [5, 5.41) is 0. The molecule has 2 unspecified atom stereocenters. The van der Waals surface area contributed by atoms with E-state index in [4.69, 9.17) is 18.9 Å². The van der Waals surface area contributed by atoms with Gasteiger partial charge in [0.2, 0.25) is 0 Å². The summed E-state index contributed by atoms with van der Waals surface area (Å²) in [6.45, 7) is 11.7. The van der Waals surface area contributed by atoms with Crippen LogP contribution in [0.2, 0.25) is 0 Å². The molecule has 0 aromatic carbocycles. The summed E-state index contributed by atoms with van der Waals surface area (Å²) in [7, 11) is 0. The van der Waals surface area contributed by atoms with E-state index in [0.717, 1.165) is 44.9 Å². The molecule has 3 saturated carbocycles. The van der Waals surface area contributed by atoms with Gasteiger partial charge < -0.3 is 18.9 Å². The van der Waals surface area contributed by atoms with Crippen molar-refractivity contribution in [3.05, 3.63) is 0 Å². The molecule has 7 atom stereocenters. The summed E-state index contributed by atoms with van der Waals surface area (Å²) in [5.74, 6) is 0.407. The first-order valence-corrected chi connectivity index (χ1v) is 12.2. The van der Waals surface area contributed by atoms with E-state index in [-0.39, 0.29) is 46.6 Å². The smallest absolute Gasteiger partial charge is 0.302 e. The summed E-state index contributed by atoms with van der Waals surface area (Å²) in [4.78, 5) is 23.8. The Labute approximate surface area is 186 Å². The lowest BCUT2D eigenvalue weighted by atomic mass is 9.51. The van der Waals surface area contributed by atoms with Gasteiger partial charge in [-0.3, -0.25) is 9.59 Å². The topological polar surface area (TPSA) is 71.1 Å². The molecular formula is C25H40O6. The number of hydrogen-bond donors (Lipinski definition) is 0. The van der Waals surface area contributed by atoms with Gasteiger partial charge in [-0.2, -0.15) is 0 Å². The standard InChI is InChI=1S/C25H40O6/c1-16-6-9-23(4,19(14-16)15-28-17(2)26)20-7-10-24(5)21(22(20)31-18(3)27)8-11-25(24)29-12-13-30-25/h16,19-22H,6-15H2,1-5H3/t16-,19-,20?,21?,22-,23+,24+/m1/s1. The second-order valence-electron chi connectivity index (χ2n) is 11.1. The maximum absolute atomic E-state index is 12.2. The molecule has 176 valence electrons. The molecule has 1 saturated heterocycles. The molecule has 0 amide bonds. The Kier molecular flexibility index (Phi) is 6.19. The average Bonchev–Trinajstić information content (AvgIpc) is 3.29. The minimum atomic E-state index is -0.528. The second-order valence-corrected chi connectivity index (χ2v) is 11.1. The van der Waals surface area contributed by atoms with Crippen LogP contribution in [0, 0.1) is 34.5 Å². The zero-order valence-electron chi connectivity index (χ0n) is 19.9. The highest BCUT2D eigenvalue weighted by molar-refractivity contribution is 5.66. The van der Waals surface area contributed by atoms with Crippen molar-refractivity contribution >= 4 is 11.9 Å². The van der Waals surface area contributed by atoms with E-state index in [2.05, 4.69) is 20.8 Å². The van der Waals surface area contributed by atoms with Gasteiger partial charge >= 0.3 is 11.9 Å². The van der Waals surface area contributed by atoms with Crippen molar-refractivity contribution in [2.75, 3.05) is 19.8 Å². The molecule has 0 radical (unpaired) electrons. The molecule has 4 rings (SSSR count). The van der Waals surface area contributed by atoms with E-state index < -0.39 is 5.79 Å². The maximum Gasteiger partial charge on any atom is 0.302 e. The Morgan fingerprint density at radius 1 is 0.935 bits per heavy atom. The molecule has 0 aromatic rings. The molecule has 3 aliphatic carbocycles. The first kappa shape index (κ1) is 23.0.